The van der Waals surface area contributed by atoms with Crippen molar-refractivity contribution in [1.29, 1.82) is 0 Å². The van der Waals surface area contributed by atoms with Crippen LogP contribution < -0.4 is 4.74 Å². The summed E-state index contributed by atoms with van der Waals surface area (Å²) in [5.74, 6) is 0.880. The highest BCUT2D eigenvalue weighted by atomic mass is 32.2. The molecule has 1 rings (SSSR count). The van der Waals surface area contributed by atoms with Gasteiger partial charge in [-0.2, -0.15) is 0 Å². The molecule has 2 nitrogen and oxygen atoms in total. The molecule has 0 heterocycles. The van der Waals surface area contributed by atoms with Crippen LogP contribution >= 0.6 is 11.8 Å². The van der Waals surface area contributed by atoms with E-state index in [1.165, 1.54) is 11.8 Å². The molecule has 0 amide bonds. The normalized spacial score (nSPS) is 11.5. The third-order valence-corrected chi connectivity index (χ3v) is 2.72. The van der Waals surface area contributed by atoms with Crippen molar-refractivity contribution < 1.29 is 9.84 Å². The largest absolute Gasteiger partial charge is 0.496 e. The monoisotopic (exact) mass is 212 g/mol. The maximum Gasteiger partial charge on any atom is 0.121 e. The zero-order valence-corrected chi connectivity index (χ0v) is 9.81. The zero-order valence-electron chi connectivity index (χ0n) is 9.00. The average Bonchev–Trinajstić information content (AvgIpc) is 2.01. The second-order valence-corrected chi connectivity index (χ2v) is 5.35. The van der Waals surface area contributed by atoms with Gasteiger partial charge in [0.1, 0.15) is 10.7 Å². The molecular formula is C11H16O2S. The second kappa shape index (κ2) is 4.24. The van der Waals surface area contributed by atoms with Gasteiger partial charge in [0.15, 0.2) is 0 Å². The number of ether oxygens (including phenoxy) is 1. The third kappa shape index (κ3) is 3.24. The highest BCUT2D eigenvalue weighted by Crippen LogP contribution is 2.32. The molecule has 0 aromatic heterocycles. The first-order chi connectivity index (χ1) is 6.42. The summed E-state index contributed by atoms with van der Waals surface area (Å²) in [7, 11) is 1.66. The second-order valence-electron chi connectivity index (χ2n) is 3.68. The van der Waals surface area contributed by atoms with Crippen LogP contribution in [-0.4, -0.2) is 17.1 Å². The van der Waals surface area contributed by atoms with Gasteiger partial charge in [-0.1, -0.05) is 11.8 Å². The molecule has 0 saturated heterocycles. The van der Waals surface area contributed by atoms with E-state index in [1.807, 2.05) is 25.1 Å². The standard InChI is InChI=1S/C11H16O2S/c1-8-7-9(14-11(2,3)12)5-6-10(8)13-4/h5-7,12H,1-4H3. The minimum atomic E-state index is -0.735. The van der Waals surface area contributed by atoms with E-state index < -0.39 is 4.93 Å². The Kier molecular flexibility index (Phi) is 3.45. The number of thioether (sulfide) groups is 1. The van der Waals surface area contributed by atoms with Crippen molar-refractivity contribution in [3.05, 3.63) is 23.8 Å². The van der Waals surface area contributed by atoms with Crippen LogP contribution in [0.1, 0.15) is 19.4 Å². The van der Waals surface area contributed by atoms with Crippen molar-refractivity contribution in [3.63, 3.8) is 0 Å². The Labute approximate surface area is 89.3 Å². The fourth-order valence-electron chi connectivity index (χ4n) is 1.20. The highest BCUT2D eigenvalue weighted by molar-refractivity contribution is 8.00. The van der Waals surface area contributed by atoms with E-state index in [9.17, 15) is 5.11 Å². The van der Waals surface area contributed by atoms with Crippen molar-refractivity contribution in [2.24, 2.45) is 0 Å². The number of hydrogen-bond acceptors (Lipinski definition) is 3. The third-order valence-electron chi connectivity index (χ3n) is 1.73. The summed E-state index contributed by atoms with van der Waals surface area (Å²) < 4.78 is 5.16. The number of hydrogen-bond donors (Lipinski definition) is 1. The van der Waals surface area contributed by atoms with Gasteiger partial charge in [-0.05, 0) is 44.5 Å². The van der Waals surface area contributed by atoms with Crippen molar-refractivity contribution in [2.75, 3.05) is 7.11 Å². The molecule has 0 aliphatic rings. The predicted octanol–water partition coefficient (Wildman–Crippen LogP) is 2.82. The van der Waals surface area contributed by atoms with Crippen molar-refractivity contribution in [3.8, 4) is 5.75 Å². The van der Waals surface area contributed by atoms with Crippen LogP contribution in [0, 0.1) is 6.92 Å². The van der Waals surface area contributed by atoms with E-state index in [1.54, 1.807) is 21.0 Å². The Morgan fingerprint density at radius 2 is 2.00 bits per heavy atom. The molecule has 0 bridgehead atoms. The number of rotatable bonds is 3. The summed E-state index contributed by atoms with van der Waals surface area (Å²) in [6.07, 6.45) is 0. The lowest BCUT2D eigenvalue weighted by Crippen LogP contribution is -2.11. The Bertz CT molecular complexity index is 316. The summed E-state index contributed by atoms with van der Waals surface area (Å²) in [4.78, 5) is 0.317. The number of aryl methyl sites for hydroxylation is 1. The molecule has 3 heteroatoms. The van der Waals surface area contributed by atoms with Gasteiger partial charge in [-0.3, -0.25) is 0 Å². The molecule has 0 spiro atoms. The van der Waals surface area contributed by atoms with Crippen LogP contribution in [0.3, 0.4) is 0 Å². The molecule has 1 aromatic carbocycles. The number of benzene rings is 1. The van der Waals surface area contributed by atoms with E-state index in [-0.39, 0.29) is 0 Å². The predicted molar refractivity (Wildman–Crippen MR) is 59.9 cm³/mol. The SMILES string of the molecule is COc1ccc(SC(C)(C)O)cc1C. The topological polar surface area (TPSA) is 29.5 Å². The molecule has 1 aromatic rings. The van der Waals surface area contributed by atoms with Crippen molar-refractivity contribution in [1.82, 2.24) is 0 Å². The highest BCUT2D eigenvalue weighted by Gasteiger charge is 2.14. The van der Waals surface area contributed by atoms with E-state index in [0.29, 0.717) is 0 Å². The van der Waals surface area contributed by atoms with Crippen LogP contribution in [0.4, 0.5) is 0 Å². The van der Waals surface area contributed by atoms with Crippen LogP contribution in [-0.2, 0) is 0 Å². The van der Waals surface area contributed by atoms with Crippen molar-refractivity contribution >= 4 is 11.8 Å². The summed E-state index contributed by atoms with van der Waals surface area (Å²) in [6.45, 7) is 5.54. The molecule has 1 N–H and O–H groups in total. The first-order valence-corrected chi connectivity index (χ1v) is 5.30. The van der Waals surface area contributed by atoms with Gasteiger partial charge in [0, 0.05) is 4.90 Å². The van der Waals surface area contributed by atoms with Gasteiger partial charge in [0.05, 0.1) is 7.11 Å². The summed E-state index contributed by atoms with van der Waals surface area (Å²) in [5, 5.41) is 9.62. The lowest BCUT2D eigenvalue weighted by Gasteiger charge is -2.17. The first kappa shape index (κ1) is 11.4. The lowest BCUT2D eigenvalue weighted by molar-refractivity contribution is 0.179. The van der Waals surface area contributed by atoms with Crippen LogP contribution in [0.25, 0.3) is 0 Å². The van der Waals surface area contributed by atoms with E-state index in [2.05, 4.69) is 0 Å². The number of methoxy groups -OCH3 is 1. The molecule has 0 radical (unpaired) electrons. The Morgan fingerprint density at radius 3 is 2.43 bits per heavy atom. The molecular weight excluding hydrogens is 196 g/mol. The molecule has 0 saturated carbocycles. The molecule has 0 aliphatic carbocycles. The summed E-state index contributed by atoms with van der Waals surface area (Å²) in [6, 6.07) is 5.89. The lowest BCUT2D eigenvalue weighted by atomic mass is 10.2. The summed E-state index contributed by atoms with van der Waals surface area (Å²) in [5.41, 5.74) is 1.08. The zero-order chi connectivity index (χ0) is 10.8. The van der Waals surface area contributed by atoms with Gasteiger partial charge >= 0.3 is 0 Å². The number of aliphatic hydroxyl groups is 1. The van der Waals surface area contributed by atoms with Crippen LogP contribution in [0.5, 0.6) is 5.75 Å². The maximum atomic E-state index is 9.62. The van der Waals surface area contributed by atoms with E-state index in [0.717, 1.165) is 16.2 Å². The van der Waals surface area contributed by atoms with Gasteiger partial charge < -0.3 is 9.84 Å². The fourth-order valence-corrected chi connectivity index (χ4v) is 2.15. The van der Waals surface area contributed by atoms with E-state index >= 15 is 0 Å². The molecule has 0 aliphatic heterocycles. The van der Waals surface area contributed by atoms with Gasteiger partial charge in [-0.25, -0.2) is 0 Å². The van der Waals surface area contributed by atoms with Crippen LogP contribution in [0.2, 0.25) is 0 Å². The van der Waals surface area contributed by atoms with Gasteiger partial charge in [0.25, 0.3) is 0 Å². The van der Waals surface area contributed by atoms with Crippen LogP contribution in [0.15, 0.2) is 23.1 Å². The summed E-state index contributed by atoms with van der Waals surface area (Å²) >= 11 is 1.43. The quantitative estimate of drug-likeness (QED) is 0.617. The molecule has 0 fully saturated rings. The molecule has 78 valence electrons. The van der Waals surface area contributed by atoms with Gasteiger partial charge in [-0.15, -0.1) is 0 Å². The minimum Gasteiger partial charge on any atom is -0.496 e. The molecule has 0 unspecified atom stereocenters. The smallest absolute Gasteiger partial charge is 0.121 e. The van der Waals surface area contributed by atoms with Crippen molar-refractivity contribution in [2.45, 2.75) is 30.6 Å². The Morgan fingerprint density at radius 1 is 1.36 bits per heavy atom. The minimum absolute atomic E-state index is 0.735. The van der Waals surface area contributed by atoms with Gasteiger partial charge in [0.2, 0.25) is 0 Å². The Balaban J connectivity index is 2.87. The molecule has 0 atom stereocenters. The maximum absolute atomic E-state index is 9.62. The van der Waals surface area contributed by atoms with E-state index in [4.69, 9.17) is 4.74 Å². The average molecular weight is 212 g/mol. The fraction of sp³-hybridized carbons (Fsp3) is 0.455. The molecule has 14 heavy (non-hydrogen) atoms. The Hall–Kier alpha value is -0.670. The first-order valence-electron chi connectivity index (χ1n) is 4.48.